The molecule has 2 rings (SSSR count). The van der Waals surface area contributed by atoms with Crippen molar-refractivity contribution < 1.29 is 9.53 Å². The minimum Gasteiger partial charge on any atom is -0.497 e. The van der Waals surface area contributed by atoms with Crippen molar-refractivity contribution in [3.05, 3.63) is 29.8 Å². The molecule has 1 aliphatic rings. The summed E-state index contributed by atoms with van der Waals surface area (Å²) in [5, 5.41) is 3.24. The van der Waals surface area contributed by atoms with Crippen LogP contribution in [0.25, 0.3) is 0 Å². The maximum atomic E-state index is 12.4. The van der Waals surface area contributed by atoms with Gasteiger partial charge in [0, 0.05) is 11.6 Å². The molecule has 128 valence electrons. The molecule has 1 N–H and O–H groups in total. The molecular weight excluding hydrogens is 286 g/mol. The molecule has 0 atom stereocenters. The topological polar surface area (TPSA) is 38.3 Å². The lowest BCUT2D eigenvalue weighted by Crippen LogP contribution is -2.34. The fourth-order valence-electron chi connectivity index (χ4n) is 3.32. The van der Waals surface area contributed by atoms with Crippen LogP contribution in [0, 0.1) is 0 Å². The lowest BCUT2D eigenvalue weighted by molar-refractivity contribution is 0.0931. The minimum atomic E-state index is 0.0461. The second kappa shape index (κ2) is 10.3. The summed E-state index contributed by atoms with van der Waals surface area (Å²) in [7, 11) is 1.64. The molecule has 3 heteroatoms. The van der Waals surface area contributed by atoms with Gasteiger partial charge in [-0.05, 0) is 37.1 Å². The van der Waals surface area contributed by atoms with Crippen molar-refractivity contribution >= 4 is 5.91 Å². The van der Waals surface area contributed by atoms with E-state index in [1.54, 1.807) is 7.11 Å². The number of amides is 1. The van der Waals surface area contributed by atoms with Crippen molar-refractivity contribution in [3.8, 4) is 5.75 Å². The van der Waals surface area contributed by atoms with E-state index in [4.69, 9.17) is 4.74 Å². The lowest BCUT2D eigenvalue weighted by Gasteiger charge is -2.19. The first-order valence-electron chi connectivity index (χ1n) is 9.24. The maximum Gasteiger partial charge on any atom is 0.251 e. The molecule has 0 heterocycles. The monoisotopic (exact) mass is 317 g/mol. The summed E-state index contributed by atoms with van der Waals surface area (Å²) >= 11 is 0. The van der Waals surface area contributed by atoms with Gasteiger partial charge in [0.2, 0.25) is 0 Å². The third-order valence-electron chi connectivity index (χ3n) is 4.79. The van der Waals surface area contributed by atoms with Gasteiger partial charge in [-0.2, -0.15) is 0 Å². The molecule has 1 fully saturated rings. The molecule has 1 aliphatic carbocycles. The van der Waals surface area contributed by atoms with Crippen LogP contribution in [-0.2, 0) is 0 Å². The van der Waals surface area contributed by atoms with Crippen molar-refractivity contribution in [3.63, 3.8) is 0 Å². The standard InChI is InChI=1S/C20H31NO2/c1-23-19-15-13-17(14-16-19)20(22)21-18-11-9-7-5-3-2-4-6-8-10-12-18/h13-16,18H,2-12H2,1H3,(H,21,22). The highest BCUT2D eigenvalue weighted by Crippen LogP contribution is 2.18. The molecule has 0 spiro atoms. The first-order valence-corrected chi connectivity index (χ1v) is 9.24. The SMILES string of the molecule is COc1ccc(C(=O)NC2CCCCCCCCCCC2)cc1. The molecule has 3 nitrogen and oxygen atoms in total. The highest BCUT2D eigenvalue weighted by Gasteiger charge is 2.14. The molecular formula is C20H31NO2. The van der Waals surface area contributed by atoms with E-state index in [0.717, 1.165) is 24.2 Å². The van der Waals surface area contributed by atoms with Gasteiger partial charge in [0.05, 0.1) is 7.11 Å². The van der Waals surface area contributed by atoms with Crippen LogP contribution in [0.3, 0.4) is 0 Å². The first-order chi connectivity index (χ1) is 11.3. The average Bonchev–Trinajstić information content (AvgIpc) is 2.57. The van der Waals surface area contributed by atoms with Crippen molar-refractivity contribution in [2.45, 2.75) is 76.7 Å². The van der Waals surface area contributed by atoms with Crippen LogP contribution in [0.15, 0.2) is 24.3 Å². The van der Waals surface area contributed by atoms with Crippen molar-refractivity contribution in [1.82, 2.24) is 5.32 Å². The normalized spacial score (nSPS) is 18.5. The van der Waals surface area contributed by atoms with Gasteiger partial charge >= 0.3 is 0 Å². The predicted octanol–water partition coefficient (Wildman–Crippen LogP) is 5.10. The first kappa shape index (κ1) is 17.8. The predicted molar refractivity (Wildman–Crippen MR) is 95.0 cm³/mol. The zero-order chi connectivity index (χ0) is 16.3. The molecule has 0 radical (unpaired) electrons. The molecule has 1 amide bonds. The van der Waals surface area contributed by atoms with E-state index >= 15 is 0 Å². The number of hydrogen-bond acceptors (Lipinski definition) is 2. The number of nitrogens with one attached hydrogen (secondary N) is 1. The van der Waals surface area contributed by atoms with Gasteiger partial charge in [0.15, 0.2) is 0 Å². The second-order valence-electron chi connectivity index (χ2n) is 6.66. The zero-order valence-electron chi connectivity index (χ0n) is 14.5. The second-order valence-corrected chi connectivity index (χ2v) is 6.66. The van der Waals surface area contributed by atoms with Gasteiger partial charge < -0.3 is 10.1 Å². The fraction of sp³-hybridized carbons (Fsp3) is 0.650. The molecule has 23 heavy (non-hydrogen) atoms. The van der Waals surface area contributed by atoms with E-state index in [1.165, 1.54) is 57.8 Å². The number of hydrogen-bond donors (Lipinski definition) is 1. The number of rotatable bonds is 3. The van der Waals surface area contributed by atoms with E-state index in [9.17, 15) is 4.79 Å². The summed E-state index contributed by atoms with van der Waals surface area (Å²) in [4.78, 5) is 12.4. The highest BCUT2D eigenvalue weighted by atomic mass is 16.5. The van der Waals surface area contributed by atoms with Crippen LogP contribution < -0.4 is 10.1 Å². The number of carbonyl (C=O) groups is 1. The molecule has 0 unspecified atom stereocenters. The van der Waals surface area contributed by atoms with Gasteiger partial charge in [-0.25, -0.2) is 0 Å². The lowest BCUT2D eigenvalue weighted by atomic mass is 9.97. The molecule has 0 aliphatic heterocycles. The molecule has 0 saturated heterocycles. The van der Waals surface area contributed by atoms with Gasteiger partial charge in [0.1, 0.15) is 5.75 Å². The Labute approximate surface area is 140 Å². The van der Waals surface area contributed by atoms with E-state index in [-0.39, 0.29) is 5.91 Å². The summed E-state index contributed by atoms with van der Waals surface area (Å²) in [5.74, 6) is 0.831. The fourth-order valence-corrected chi connectivity index (χ4v) is 3.32. The number of carbonyl (C=O) groups excluding carboxylic acids is 1. The van der Waals surface area contributed by atoms with E-state index in [1.807, 2.05) is 24.3 Å². The minimum absolute atomic E-state index is 0.0461. The van der Waals surface area contributed by atoms with Crippen molar-refractivity contribution in [2.75, 3.05) is 7.11 Å². The van der Waals surface area contributed by atoms with Crippen molar-refractivity contribution in [1.29, 1.82) is 0 Å². The Bertz CT molecular complexity index is 443. The van der Waals surface area contributed by atoms with Crippen LogP contribution in [0.1, 0.15) is 81.0 Å². The molecule has 0 bridgehead atoms. The smallest absolute Gasteiger partial charge is 0.251 e. The third-order valence-corrected chi connectivity index (χ3v) is 4.79. The summed E-state index contributed by atoms with van der Waals surface area (Å²) in [6.07, 6.45) is 14.1. The zero-order valence-corrected chi connectivity index (χ0v) is 14.5. The summed E-state index contributed by atoms with van der Waals surface area (Å²) in [6.45, 7) is 0. The highest BCUT2D eigenvalue weighted by molar-refractivity contribution is 5.94. The third kappa shape index (κ3) is 6.64. The van der Waals surface area contributed by atoms with E-state index in [0.29, 0.717) is 6.04 Å². The van der Waals surface area contributed by atoms with Crippen LogP contribution in [0.2, 0.25) is 0 Å². The summed E-state index contributed by atoms with van der Waals surface area (Å²) in [5.41, 5.74) is 0.719. The number of ether oxygens (including phenoxy) is 1. The number of methoxy groups -OCH3 is 1. The molecule has 1 aromatic rings. The Morgan fingerprint density at radius 3 is 1.83 bits per heavy atom. The van der Waals surface area contributed by atoms with Gasteiger partial charge in [-0.15, -0.1) is 0 Å². The van der Waals surface area contributed by atoms with Crippen LogP contribution in [-0.4, -0.2) is 19.1 Å². The molecule has 1 saturated carbocycles. The summed E-state index contributed by atoms with van der Waals surface area (Å²) in [6, 6.07) is 7.68. The van der Waals surface area contributed by atoms with Crippen molar-refractivity contribution in [2.24, 2.45) is 0 Å². The van der Waals surface area contributed by atoms with Crippen LogP contribution in [0.5, 0.6) is 5.75 Å². The average molecular weight is 317 g/mol. The largest absolute Gasteiger partial charge is 0.497 e. The Morgan fingerprint density at radius 1 is 0.870 bits per heavy atom. The number of benzene rings is 1. The van der Waals surface area contributed by atoms with E-state index < -0.39 is 0 Å². The quantitative estimate of drug-likeness (QED) is 0.842. The maximum absolute atomic E-state index is 12.4. The molecule has 0 aromatic heterocycles. The van der Waals surface area contributed by atoms with Gasteiger partial charge in [0.25, 0.3) is 5.91 Å². The van der Waals surface area contributed by atoms with Crippen LogP contribution in [0.4, 0.5) is 0 Å². The summed E-state index contributed by atoms with van der Waals surface area (Å²) < 4.78 is 5.15. The Kier molecular flexibility index (Phi) is 7.99. The Morgan fingerprint density at radius 2 is 1.35 bits per heavy atom. The molecule has 1 aromatic carbocycles. The Hall–Kier alpha value is -1.51. The van der Waals surface area contributed by atoms with Gasteiger partial charge in [-0.1, -0.05) is 57.8 Å². The van der Waals surface area contributed by atoms with Gasteiger partial charge in [-0.3, -0.25) is 4.79 Å². The Balaban J connectivity index is 1.86. The van der Waals surface area contributed by atoms with Crippen LogP contribution >= 0.6 is 0 Å². The van der Waals surface area contributed by atoms with E-state index in [2.05, 4.69) is 5.32 Å².